The maximum atomic E-state index is 12.7. The average molecular weight is 410 g/mol. The van der Waals surface area contributed by atoms with Gasteiger partial charge >= 0.3 is 6.09 Å². The first-order valence-electron chi connectivity index (χ1n) is 9.22. The number of nitrogens with zero attached hydrogens (tertiary/aromatic N) is 1. The monoisotopic (exact) mass is 409 g/mol. The fraction of sp³-hybridized carbons (Fsp3) is 0.650. The van der Waals surface area contributed by atoms with Crippen LogP contribution < -0.4 is 0 Å². The second kappa shape index (κ2) is 7.67. The lowest BCUT2D eigenvalue weighted by atomic mass is 9.85. The normalized spacial score (nSPS) is 22.2. The molecule has 1 atom stereocenters. The first-order valence-corrected chi connectivity index (χ1v) is 10.0. The third kappa shape index (κ3) is 4.56. The number of benzene rings is 1. The molecule has 2 heterocycles. The Bertz CT molecular complexity index is 620. The van der Waals surface area contributed by atoms with E-state index in [1.165, 1.54) is 11.1 Å². The second-order valence-electron chi connectivity index (χ2n) is 7.99. The summed E-state index contributed by atoms with van der Waals surface area (Å²) in [7, 11) is 0. The summed E-state index contributed by atoms with van der Waals surface area (Å²) >= 11 is 3.61. The SMILES string of the molecule is CC(C)(C)OC(=O)N1CCC[C@H]1c1cc(Br)ccc1C1CCOCC1. The summed E-state index contributed by atoms with van der Waals surface area (Å²) in [5, 5.41) is 0. The van der Waals surface area contributed by atoms with E-state index in [1.54, 1.807) is 0 Å². The molecular formula is C20H28BrNO3. The van der Waals surface area contributed by atoms with E-state index in [0.29, 0.717) is 5.92 Å². The molecule has 5 heteroatoms. The largest absolute Gasteiger partial charge is 0.444 e. The molecule has 3 rings (SSSR count). The summed E-state index contributed by atoms with van der Waals surface area (Å²) in [4.78, 5) is 14.6. The van der Waals surface area contributed by atoms with Gasteiger partial charge in [-0.25, -0.2) is 4.79 Å². The summed E-state index contributed by atoms with van der Waals surface area (Å²) in [6.45, 7) is 8.16. The topological polar surface area (TPSA) is 38.8 Å². The van der Waals surface area contributed by atoms with Crippen molar-refractivity contribution in [1.82, 2.24) is 4.90 Å². The van der Waals surface area contributed by atoms with Crippen LogP contribution in [-0.4, -0.2) is 36.4 Å². The molecule has 0 unspecified atom stereocenters. The predicted octanol–water partition coefficient (Wildman–Crippen LogP) is 5.42. The summed E-state index contributed by atoms with van der Waals surface area (Å²) < 4.78 is 12.2. The van der Waals surface area contributed by atoms with E-state index in [1.807, 2.05) is 25.7 Å². The molecule has 2 saturated heterocycles. The highest BCUT2D eigenvalue weighted by molar-refractivity contribution is 9.10. The molecule has 138 valence electrons. The van der Waals surface area contributed by atoms with Gasteiger partial charge in [-0.05, 0) is 75.6 Å². The lowest BCUT2D eigenvalue weighted by Crippen LogP contribution is -2.36. The molecule has 25 heavy (non-hydrogen) atoms. The van der Waals surface area contributed by atoms with Crippen molar-refractivity contribution in [3.05, 3.63) is 33.8 Å². The Morgan fingerprint density at radius 1 is 1.20 bits per heavy atom. The van der Waals surface area contributed by atoms with Crippen molar-refractivity contribution in [2.24, 2.45) is 0 Å². The molecule has 0 radical (unpaired) electrons. The Morgan fingerprint density at radius 2 is 1.92 bits per heavy atom. The summed E-state index contributed by atoms with van der Waals surface area (Å²) in [6, 6.07) is 6.63. The van der Waals surface area contributed by atoms with Crippen LogP contribution in [0, 0.1) is 0 Å². The second-order valence-corrected chi connectivity index (χ2v) is 8.91. The van der Waals surface area contributed by atoms with Crippen LogP contribution in [0.4, 0.5) is 4.79 Å². The molecule has 0 aliphatic carbocycles. The highest BCUT2D eigenvalue weighted by Crippen LogP contribution is 2.40. The Kier molecular flexibility index (Phi) is 5.74. The zero-order valence-electron chi connectivity index (χ0n) is 15.4. The molecule has 2 fully saturated rings. The molecule has 0 N–H and O–H groups in total. The van der Waals surface area contributed by atoms with Crippen LogP contribution in [0.5, 0.6) is 0 Å². The van der Waals surface area contributed by atoms with Gasteiger partial charge in [0.2, 0.25) is 0 Å². The van der Waals surface area contributed by atoms with Gasteiger partial charge in [0.15, 0.2) is 0 Å². The van der Waals surface area contributed by atoms with Crippen molar-refractivity contribution in [2.45, 2.75) is 64.0 Å². The maximum absolute atomic E-state index is 12.7. The van der Waals surface area contributed by atoms with E-state index in [9.17, 15) is 4.79 Å². The van der Waals surface area contributed by atoms with Gasteiger partial charge in [0.25, 0.3) is 0 Å². The molecule has 1 aromatic rings. The molecule has 0 spiro atoms. The van der Waals surface area contributed by atoms with Gasteiger partial charge in [-0.1, -0.05) is 22.0 Å². The number of halogens is 1. The van der Waals surface area contributed by atoms with Crippen LogP contribution in [0.2, 0.25) is 0 Å². The van der Waals surface area contributed by atoms with Crippen molar-refractivity contribution in [1.29, 1.82) is 0 Å². The zero-order valence-corrected chi connectivity index (χ0v) is 17.0. The Hall–Kier alpha value is -1.07. The minimum absolute atomic E-state index is 0.102. The lowest BCUT2D eigenvalue weighted by Gasteiger charge is -2.32. The molecule has 2 aliphatic rings. The number of amides is 1. The third-order valence-corrected chi connectivity index (χ3v) is 5.44. The summed E-state index contributed by atoms with van der Waals surface area (Å²) in [5.74, 6) is 0.512. The van der Waals surface area contributed by atoms with Crippen LogP contribution in [0.1, 0.15) is 69.5 Å². The Morgan fingerprint density at radius 3 is 2.60 bits per heavy atom. The number of carbonyl (C=O) groups is 1. The maximum Gasteiger partial charge on any atom is 0.410 e. The van der Waals surface area contributed by atoms with Crippen LogP contribution in [0.25, 0.3) is 0 Å². The summed E-state index contributed by atoms with van der Waals surface area (Å²) in [5.41, 5.74) is 2.17. The van der Waals surface area contributed by atoms with Crippen LogP contribution in [0.15, 0.2) is 22.7 Å². The van der Waals surface area contributed by atoms with Crippen molar-refractivity contribution in [2.75, 3.05) is 19.8 Å². The van der Waals surface area contributed by atoms with Crippen LogP contribution in [-0.2, 0) is 9.47 Å². The number of ether oxygens (including phenoxy) is 2. The number of rotatable bonds is 2. The molecule has 1 amide bonds. The van der Waals surface area contributed by atoms with Crippen LogP contribution in [0.3, 0.4) is 0 Å². The average Bonchev–Trinajstić information content (AvgIpc) is 3.03. The molecule has 0 saturated carbocycles. The highest BCUT2D eigenvalue weighted by Gasteiger charge is 2.35. The van der Waals surface area contributed by atoms with E-state index in [0.717, 1.165) is 49.9 Å². The van der Waals surface area contributed by atoms with Crippen LogP contribution >= 0.6 is 15.9 Å². The zero-order chi connectivity index (χ0) is 18.0. The highest BCUT2D eigenvalue weighted by atomic mass is 79.9. The van der Waals surface area contributed by atoms with Crippen molar-refractivity contribution in [3.8, 4) is 0 Å². The molecule has 1 aromatic carbocycles. The van der Waals surface area contributed by atoms with E-state index < -0.39 is 5.60 Å². The van der Waals surface area contributed by atoms with Gasteiger partial charge in [0.05, 0.1) is 6.04 Å². The quantitative estimate of drug-likeness (QED) is 0.654. The van der Waals surface area contributed by atoms with Crippen molar-refractivity contribution < 1.29 is 14.3 Å². The van der Waals surface area contributed by atoms with E-state index in [4.69, 9.17) is 9.47 Å². The fourth-order valence-corrected chi connectivity index (χ4v) is 4.22. The van der Waals surface area contributed by atoms with E-state index in [-0.39, 0.29) is 12.1 Å². The molecule has 0 aromatic heterocycles. The first kappa shape index (κ1) is 18.7. The number of carbonyl (C=O) groups excluding carboxylic acids is 1. The standard InChI is InChI=1S/C20H28BrNO3/c1-20(2,3)25-19(23)22-10-4-5-18(22)17-13-15(21)6-7-16(17)14-8-11-24-12-9-14/h6-7,13-14,18H,4-5,8-12H2,1-3H3/t18-/m0/s1. The Balaban J connectivity index is 1.88. The number of hydrogen-bond donors (Lipinski definition) is 0. The van der Waals surface area contributed by atoms with E-state index in [2.05, 4.69) is 34.1 Å². The Labute approximate surface area is 159 Å². The number of likely N-dealkylation sites (tertiary alicyclic amines) is 1. The third-order valence-electron chi connectivity index (χ3n) is 4.95. The van der Waals surface area contributed by atoms with Gasteiger partial charge in [-0.3, -0.25) is 0 Å². The number of hydrogen-bond acceptors (Lipinski definition) is 3. The summed E-state index contributed by atoms with van der Waals surface area (Å²) in [6.07, 6.45) is 3.91. The van der Waals surface area contributed by atoms with E-state index >= 15 is 0 Å². The van der Waals surface area contributed by atoms with Gasteiger partial charge in [-0.15, -0.1) is 0 Å². The molecule has 2 aliphatic heterocycles. The first-order chi connectivity index (χ1) is 11.8. The predicted molar refractivity (Wildman–Crippen MR) is 102 cm³/mol. The fourth-order valence-electron chi connectivity index (χ4n) is 3.84. The smallest absolute Gasteiger partial charge is 0.410 e. The van der Waals surface area contributed by atoms with Gasteiger partial charge < -0.3 is 14.4 Å². The molecular weight excluding hydrogens is 382 g/mol. The molecule has 0 bridgehead atoms. The van der Waals surface area contributed by atoms with Crippen molar-refractivity contribution in [3.63, 3.8) is 0 Å². The lowest BCUT2D eigenvalue weighted by molar-refractivity contribution is 0.0222. The van der Waals surface area contributed by atoms with Gasteiger partial charge in [0.1, 0.15) is 5.60 Å². The molecule has 4 nitrogen and oxygen atoms in total. The minimum atomic E-state index is -0.467. The minimum Gasteiger partial charge on any atom is -0.444 e. The van der Waals surface area contributed by atoms with Gasteiger partial charge in [-0.2, -0.15) is 0 Å². The van der Waals surface area contributed by atoms with Crippen molar-refractivity contribution >= 4 is 22.0 Å². The van der Waals surface area contributed by atoms with Gasteiger partial charge in [0, 0.05) is 24.2 Å².